The van der Waals surface area contributed by atoms with Gasteiger partial charge in [0.2, 0.25) is 0 Å². The Labute approximate surface area is 163 Å². The highest BCUT2D eigenvalue weighted by Crippen LogP contribution is 2.25. The summed E-state index contributed by atoms with van der Waals surface area (Å²) in [6, 6.07) is 8.80. The molecule has 1 aliphatic heterocycles. The van der Waals surface area contributed by atoms with Crippen molar-refractivity contribution in [1.29, 1.82) is 0 Å². The highest BCUT2D eigenvalue weighted by molar-refractivity contribution is 14.0. The maximum absolute atomic E-state index is 5.28. The molecule has 1 unspecified atom stereocenters. The molecule has 1 aromatic carbocycles. The molecule has 6 heteroatoms. The summed E-state index contributed by atoms with van der Waals surface area (Å²) in [4.78, 5) is 6.85. The lowest BCUT2D eigenvalue weighted by Crippen LogP contribution is -2.44. The molecule has 1 heterocycles. The molecule has 5 nitrogen and oxygen atoms in total. The number of guanidine groups is 1. The largest absolute Gasteiger partial charge is 0.497 e. The quantitative estimate of drug-likeness (QED) is 0.401. The third-order valence-corrected chi connectivity index (χ3v) is 4.36. The fraction of sp³-hybridized carbons (Fsp3) is 0.611. The van der Waals surface area contributed by atoms with Crippen LogP contribution in [0.15, 0.2) is 29.3 Å². The van der Waals surface area contributed by atoms with Gasteiger partial charge in [-0.15, -0.1) is 24.0 Å². The molecule has 0 radical (unpaired) electrons. The van der Waals surface area contributed by atoms with Crippen molar-refractivity contribution in [2.45, 2.75) is 32.2 Å². The highest BCUT2D eigenvalue weighted by atomic mass is 127. The van der Waals surface area contributed by atoms with E-state index in [9.17, 15) is 0 Å². The summed E-state index contributed by atoms with van der Waals surface area (Å²) in [6.07, 6.45) is 3.92. The second-order valence-corrected chi connectivity index (χ2v) is 5.87. The number of piperidine rings is 1. The van der Waals surface area contributed by atoms with Crippen molar-refractivity contribution in [1.82, 2.24) is 15.5 Å². The molecule has 0 aromatic heterocycles. The van der Waals surface area contributed by atoms with Gasteiger partial charge in [-0.2, -0.15) is 0 Å². The Morgan fingerprint density at radius 1 is 1.17 bits per heavy atom. The van der Waals surface area contributed by atoms with Gasteiger partial charge in [0.1, 0.15) is 5.75 Å². The minimum atomic E-state index is 0. The molecule has 2 N–H and O–H groups in total. The van der Waals surface area contributed by atoms with E-state index in [4.69, 9.17) is 4.74 Å². The van der Waals surface area contributed by atoms with Crippen LogP contribution in [0.3, 0.4) is 0 Å². The number of nitrogens with zero attached hydrogens (tertiary/aromatic N) is 2. The minimum Gasteiger partial charge on any atom is -0.497 e. The van der Waals surface area contributed by atoms with Gasteiger partial charge in [0, 0.05) is 20.1 Å². The summed E-state index contributed by atoms with van der Waals surface area (Å²) in [6.45, 7) is 6.14. The number of nitrogens with one attached hydrogen (secondary N) is 2. The van der Waals surface area contributed by atoms with Gasteiger partial charge in [-0.3, -0.25) is 9.89 Å². The molecule has 0 amide bonds. The zero-order chi connectivity index (χ0) is 16.5. The van der Waals surface area contributed by atoms with Crippen molar-refractivity contribution in [2.24, 2.45) is 4.99 Å². The molecule has 1 atom stereocenters. The molecule has 0 aliphatic carbocycles. The minimum absolute atomic E-state index is 0. The van der Waals surface area contributed by atoms with Crippen LogP contribution in [0.2, 0.25) is 0 Å². The maximum Gasteiger partial charge on any atom is 0.191 e. The average molecular weight is 446 g/mol. The first-order valence-electron chi connectivity index (χ1n) is 8.61. The summed E-state index contributed by atoms with van der Waals surface area (Å²) < 4.78 is 5.28. The average Bonchev–Trinajstić information content (AvgIpc) is 2.62. The molecular formula is C18H31IN4O. The molecule has 0 saturated carbocycles. The van der Waals surface area contributed by atoms with Crippen molar-refractivity contribution in [3.05, 3.63) is 29.8 Å². The molecule has 1 saturated heterocycles. The van der Waals surface area contributed by atoms with E-state index >= 15 is 0 Å². The van der Waals surface area contributed by atoms with Crippen LogP contribution in [0.4, 0.5) is 0 Å². The van der Waals surface area contributed by atoms with Crippen LogP contribution in [-0.2, 0) is 0 Å². The van der Waals surface area contributed by atoms with Crippen molar-refractivity contribution in [2.75, 3.05) is 40.3 Å². The fourth-order valence-corrected chi connectivity index (χ4v) is 3.10. The second kappa shape index (κ2) is 11.5. The first kappa shape index (κ1) is 21.0. The van der Waals surface area contributed by atoms with Gasteiger partial charge >= 0.3 is 0 Å². The lowest BCUT2D eigenvalue weighted by Gasteiger charge is -2.35. The number of hydrogen-bond donors (Lipinski definition) is 2. The number of halogens is 1. The van der Waals surface area contributed by atoms with Gasteiger partial charge in [0.15, 0.2) is 5.96 Å². The van der Waals surface area contributed by atoms with E-state index in [1.807, 2.05) is 19.2 Å². The predicted octanol–water partition coefficient (Wildman–Crippen LogP) is 3.03. The Balaban J connectivity index is 0.00000288. The summed E-state index contributed by atoms with van der Waals surface area (Å²) in [5.74, 6) is 1.77. The zero-order valence-electron chi connectivity index (χ0n) is 15.0. The monoisotopic (exact) mass is 446 g/mol. The molecule has 2 rings (SSSR count). The number of ether oxygens (including phenoxy) is 1. The molecule has 0 bridgehead atoms. The Kier molecular flexibility index (Phi) is 10.1. The summed E-state index contributed by atoms with van der Waals surface area (Å²) in [7, 11) is 3.52. The number of rotatable bonds is 6. The van der Waals surface area contributed by atoms with Crippen molar-refractivity contribution < 1.29 is 4.74 Å². The number of likely N-dealkylation sites (tertiary alicyclic amines) is 1. The van der Waals surface area contributed by atoms with Crippen LogP contribution in [0.1, 0.15) is 37.8 Å². The Morgan fingerprint density at radius 2 is 1.83 bits per heavy atom. The van der Waals surface area contributed by atoms with Crippen LogP contribution in [0.5, 0.6) is 5.75 Å². The van der Waals surface area contributed by atoms with Crippen molar-refractivity contribution >= 4 is 29.9 Å². The second-order valence-electron chi connectivity index (χ2n) is 5.87. The number of aliphatic imine (C=N–C) groups is 1. The smallest absolute Gasteiger partial charge is 0.191 e. The van der Waals surface area contributed by atoms with E-state index in [1.165, 1.54) is 24.8 Å². The summed E-state index contributed by atoms with van der Waals surface area (Å²) in [5, 5.41) is 6.72. The number of hydrogen-bond acceptors (Lipinski definition) is 3. The lowest BCUT2D eigenvalue weighted by atomic mass is 10.0. The van der Waals surface area contributed by atoms with Crippen molar-refractivity contribution in [3.8, 4) is 5.75 Å². The molecule has 1 aliphatic rings. The standard InChI is InChI=1S/C18H30N4O.HI/c1-4-20-18(19-2)21-14-17(22-12-6-5-7-13-22)15-8-10-16(23-3)11-9-15;/h8-11,17H,4-7,12-14H2,1-3H3,(H2,19,20,21);1H. The van der Waals surface area contributed by atoms with Crippen LogP contribution in [0.25, 0.3) is 0 Å². The first-order valence-corrected chi connectivity index (χ1v) is 8.61. The van der Waals surface area contributed by atoms with E-state index < -0.39 is 0 Å². The molecule has 0 spiro atoms. The third kappa shape index (κ3) is 6.12. The van der Waals surface area contributed by atoms with E-state index in [0.29, 0.717) is 6.04 Å². The predicted molar refractivity (Wildman–Crippen MR) is 112 cm³/mol. The Bertz CT molecular complexity index is 486. The van der Waals surface area contributed by atoms with Gasteiger partial charge < -0.3 is 15.4 Å². The fourth-order valence-electron chi connectivity index (χ4n) is 3.10. The SMILES string of the molecule is CCNC(=NC)NCC(c1ccc(OC)cc1)N1CCCCC1.I. The zero-order valence-corrected chi connectivity index (χ0v) is 17.4. The van der Waals surface area contributed by atoms with E-state index in [-0.39, 0.29) is 24.0 Å². The van der Waals surface area contributed by atoms with Crippen molar-refractivity contribution in [3.63, 3.8) is 0 Å². The molecule has 136 valence electrons. The van der Waals surface area contributed by atoms with Crippen LogP contribution in [0, 0.1) is 0 Å². The summed E-state index contributed by atoms with van der Waals surface area (Å²) in [5.41, 5.74) is 1.33. The number of methoxy groups -OCH3 is 1. The number of benzene rings is 1. The third-order valence-electron chi connectivity index (χ3n) is 4.36. The lowest BCUT2D eigenvalue weighted by molar-refractivity contribution is 0.164. The van der Waals surface area contributed by atoms with Gasteiger partial charge in [-0.1, -0.05) is 18.6 Å². The molecular weight excluding hydrogens is 415 g/mol. The van der Waals surface area contributed by atoms with Gasteiger partial charge in [0.25, 0.3) is 0 Å². The molecule has 1 aromatic rings. The van der Waals surface area contributed by atoms with E-state index in [1.54, 1.807) is 7.11 Å². The molecule has 1 fully saturated rings. The van der Waals surface area contributed by atoms with E-state index in [0.717, 1.165) is 37.9 Å². The highest BCUT2D eigenvalue weighted by Gasteiger charge is 2.22. The van der Waals surface area contributed by atoms with Gasteiger partial charge in [-0.25, -0.2) is 0 Å². The summed E-state index contributed by atoms with van der Waals surface area (Å²) >= 11 is 0. The Hall–Kier alpha value is -1.02. The first-order chi connectivity index (χ1) is 11.3. The van der Waals surface area contributed by atoms with Gasteiger partial charge in [0.05, 0.1) is 13.2 Å². The van der Waals surface area contributed by atoms with Crippen LogP contribution < -0.4 is 15.4 Å². The molecule has 24 heavy (non-hydrogen) atoms. The van der Waals surface area contributed by atoms with E-state index in [2.05, 4.69) is 39.6 Å². The maximum atomic E-state index is 5.28. The van der Waals surface area contributed by atoms with Crippen LogP contribution >= 0.6 is 24.0 Å². The van der Waals surface area contributed by atoms with Gasteiger partial charge in [-0.05, 0) is 50.6 Å². The van der Waals surface area contributed by atoms with Crippen LogP contribution in [-0.4, -0.2) is 51.2 Å². The topological polar surface area (TPSA) is 48.9 Å². The normalized spacial score (nSPS) is 16.9. The Morgan fingerprint density at radius 3 is 2.38 bits per heavy atom.